The van der Waals surface area contributed by atoms with Crippen LogP contribution in [0.3, 0.4) is 0 Å². The van der Waals surface area contributed by atoms with Gasteiger partial charge in [0.2, 0.25) is 0 Å². The van der Waals surface area contributed by atoms with Crippen molar-refractivity contribution in [2.24, 2.45) is 0 Å². The van der Waals surface area contributed by atoms with Crippen molar-refractivity contribution in [1.82, 2.24) is 4.90 Å². The number of hydrogen-bond donors (Lipinski definition) is 1. The first kappa shape index (κ1) is 18.2. The first-order valence-corrected chi connectivity index (χ1v) is 9.37. The van der Waals surface area contributed by atoms with E-state index in [4.69, 9.17) is 0 Å². The number of benzene rings is 3. The van der Waals surface area contributed by atoms with E-state index in [1.807, 2.05) is 18.2 Å². The highest BCUT2D eigenvalue weighted by Gasteiger charge is 2.46. The Balaban J connectivity index is 1.71. The van der Waals surface area contributed by atoms with Crippen LogP contribution in [-0.4, -0.2) is 29.2 Å². The number of carbonyl (C=O) groups is 1. The van der Waals surface area contributed by atoms with Crippen LogP contribution in [0.2, 0.25) is 0 Å². The number of likely N-dealkylation sites (tertiary alicyclic amines) is 1. The number of nitrogens with zero attached hydrogens (tertiary/aromatic N) is 1. The highest BCUT2D eigenvalue weighted by Crippen LogP contribution is 2.45. The van der Waals surface area contributed by atoms with Gasteiger partial charge in [0.05, 0.1) is 0 Å². The van der Waals surface area contributed by atoms with Crippen molar-refractivity contribution >= 4 is 6.09 Å². The number of hydrogen-bond acceptors (Lipinski definition) is 1. The monoisotopic (exact) mass is 375 g/mol. The maximum absolute atomic E-state index is 13.4. The quantitative estimate of drug-likeness (QED) is 0.654. The number of rotatable bonds is 3. The van der Waals surface area contributed by atoms with Gasteiger partial charge in [-0.15, -0.1) is 0 Å². The molecule has 1 heterocycles. The van der Waals surface area contributed by atoms with E-state index < -0.39 is 11.5 Å². The summed E-state index contributed by atoms with van der Waals surface area (Å²) in [6.45, 7) is 2.88. The molecule has 3 aromatic rings. The molecule has 3 nitrogen and oxygen atoms in total. The maximum atomic E-state index is 13.4. The molecule has 0 aliphatic carbocycles. The standard InChI is InChI=1S/C24H22FNO2/c1-24(20-11-13-21(25)14-12-20)16-26(23(27)28)15-22(24)19-9-7-18(8-10-19)17-5-3-2-4-6-17/h2-14,22H,15-16H2,1H3,(H,27,28). The zero-order chi connectivity index (χ0) is 19.7. The van der Waals surface area contributed by atoms with Crippen LogP contribution in [0.15, 0.2) is 78.9 Å². The Morgan fingerprint density at radius 3 is 2.18 bits per heavy atom. The molecule has 1 saturated heterocycles. The molecule has 3 aromatic carbocycles. The molecule has 1 aliphatic heterocycles. The van der Waals surface area contributed by atoms with E-state index in [1.54, 1.807) is 12.1 Å². The van der Waals surface area contributed by atoms with Crippen LogP contribution in [0.25, 0.3) is 11.1 Å². The largest absolute Gasteiger partial charge is 0.465 e. The van der Waals surface area contributed by atoms with E-state index >= 15 is 0 Å². The summed E-state index contributed by atoms with van der Waals surface area (Å²) in [7, 11) is 0. The summed E-state index contributed by atoms with van der Waals surface area (Å²) in [6, 6.07) is 24.9. The third-order valence-electron chi connectivity index (χ3n) is 5.89. The van der Waals surface area contributed by atoms with Crippen LogP contribution in [-0.2, 0) is 5.41 Å². The fourth-order valence-electron chi connectivity index (χ4n) is 4.27. The molecule has 0 spiro atoms. The first-order chi connectivity index (χ1) is 13.5. The normalized spacial score (nSPS) is 21.6. The lowest BCUT2D eigenvalue weighted by Crippen LogP contribution is -2.32. The van der Waals surface area contributed by atoms with Crippen LogP contribution in [0.5, 0.6) is 0 Å². The molecule has 2 unspecified atom stereocenters. The van der Waals surface area contributed by atoms with Gasteiger partial charge in [0, 0.05) is 24.4 Å². The van der Waals surface area contributed by atoms with Crippen LogP contribution in [0.4, 0.5) is 9.18 Å². The predicted octanol–water partition coefficient (Wildman–Crippen LogP) is 5.53. The maximum Gasteiger partial charge on any atom is 0.407 e. The van der Waals surface area contributed by atoms with E-state index in [1.165, 1.54) is 17.0 Å². The molecule has 0 aromatic heterocycles. The average molecular weight is 375 g/mol. The van der Waals surface area contributed by atoms with Crippen LogP contribution in [0, 0.1) is 5.82 Å². The fraction of sp³-hybridized carbons (Fsp3) is 0.208. The zero-order valence-electron chi connectivity index (χ0n) is 15.7. The molecule has 1 N–H and O–H groups in total. The Kier molecular flexibility index (Phi) is 4.63. The lowest BCUT2D eigenvalue weighted by Gasteiger charge is -2.31. The molecular weight excluding hydrogens is 353 g/mol. The SMILES string of the molecule is CC1(c2ccc(F)cc2)CN(C(=O)O)CC1c1ccc(-c2ccccc2)cc1. The van der Waals surface area contributed by atoms with E-state index in [-0.39, 0.29) is 11.7 Å². The van der Waals surface area contributed by atoms with E-state index in [0.717, 1.165) is 22.3 Å². The molecule has 0 bridgehead atoms. The van der Waals surface area contributed by atoms with Gasteiger partial charge in [0.15, 0.2) is 0 Å². The predicted molar refractivity (Wildman–Crippen MR) is 108 cm³/mol. The third-order valence-corrected chi connectivity index (χ3v) is 5.89. The molecule has 2 atom stereocenters. The number of carboxylic acid groups (broad SMARTS) is 1. The minimum Gasteiger partial charge on any atom is -0.465 e. The van der Waals surface area contributed by atoms with Gasteiger partial charge < -0.3 is 10.0 Å². The highest BCUT2D eigenvalue weighted by molar-refractivity contribution is 5.67. The molecule has 142 valence electrons. The smallest absolute Gasteiger partial charge is 0.407 e. The van der Waals surface area contributed by atoms with Gasteiger partial charge in [0.25, 0.3) is 0 Å². The van der Waals surface area contributed by atoms with Gasteiger partial charge in [0.1, 0.15) is 5.82 Å². The van der Waals surface area contributed by atoms with Gasteiger partial charge >= 0.3 is 6.09 Å². The van der Waals surface area contributed by atoms with E-state index in [9.17, 15) is 14.3 Å². The van der Waals surface area contributed by atoms with Gasteiger partial charge in [-0.05, 0) is 34.4 Å². The summed E-state index contributed by atoms with van der Waals surface area (Å²) >= 11 is 0. The van der Waals surface area contributed by atoms with Crippen LogP contribution in [0.1, 0.15) is 24.0 Å². The second-order valence-electron chi connectivity index (χ2n) is 7.63. The van der Waals surface area contributed by atoms with Crippen molar-refractivity contribution in [2.75, 3.05) is 13.1 Å². The topological polar surface area (TPSA) is 40.5 Å². The fourth-order valence-corrected chi connectivity index (χ4v) is 4.27. The molecule has 1 aliphatic rings. The number of halogens is 1. The molecule has 1 amide bonds. The molecule has 0 saturated carbocycles. The summed E-state index contributed by atoms with van der Waals surface area (Å²) in [4.78, 5) is 13.1. The zero-order valence-corrected chi connectivity index (χ0v) is 15.7. The molecule has 28 heavy (non-hydrogen) atoms. The van der Waals surface area contributed by atoms with E-state index in [2.05, 4.69) is 43.3 Å². The second kappa shape index (κ2) is 7.12. The first-order valence-electron chi connectivity index (χ1n) is 9.37. The lowest BCUT2D eigenvalue weighted by atomic mass is 9.71. The highest BCUT2D eigenvalue weighted by atomic mass is 19.1. The van der Waals surface area contributed by atoms with Gasteiger partial charge in [-0.3, -0.25) is 0 Å². The van der Waals surface area contributed by atoms with E-state index in [0.29, 0.717) is 13.1 Å². The Bertz CT molecular complexity index is 970. The van der Waals surface area contributed by atoms with Gasteiger partial charge in [-0.1, -0.05) is 73.7 Å². The molecule has 0 radical (unpaired) electrons. The molecule has 4 rings (SSSR count). The summed E-state index contributed by atoms with van der Waals surface area (Å²) in [5.74, 6) is -0.289. The summed E-state index contributed by atoms with van der Waals surface area (Å²) in [5, 5.41) is 9.56. The summed E-state index contributed by atoms with van der Waals surface area (Å²) in [5.41, 5.74) is 3.90. The van der Waals surface area contributed by atoms with Crippen molar-refractivity contribution in [3.05, 3.63) is 95.8 Å². The number of amides is 1. The van der Waals surface area contributed by atoms with Crippen molar-refractivity contribution in [3.63, 3.8) is 0 Å². The minimum atomic E-state index is -0.920. The van der Waals surface area contributed by atoms with Gasteiger partial charge in [-0.2, -0.15) is 0 Å². The van der Waals surface area contributed by atoms with Crippen LogP contribution < -0.4 is 0 Å². The van der Waals surface area contributed by atoms with Crippen LogP contribution >= 0.6 is 0 Å². The Labute approximate surface area is 164 Å². The Hall–Kier alpha value is -3.14. The Morgan fingerprint density at radius 1 is 0.964 bits per heavy atom. The molecular formula is C24H22FNO2. The van der Waals surface area contributed by atoms with Gasteiger partial charge in [-0.25, -0.2) is 9.18 Å². The lowest BCUT2D eigenvalue weighted by molar-refractivity contribution is 0.153. The molecule has 1 fully saturated rings. The summed E-state index contributed by atoms with van der Waals surface area (Å²) < 4.78 is 13.4. The second-order valence-corrected chi connectivity index (χ2v) is 7.63. The third kappa shape index (κ3) is 3.26. The molecule has 4 heteroatoms. The van der Waals surface area contributed by atoms with Crippen molar-refractivity contribution < 1.29 is 14.3 Å². The van der Waals surface area contributed by atoms with Crippen molar-refractivity contribution in [2.45, 2.75) is 18.3 Å². The summed E-state index contributed by atoms with van der Waals surface area (Å²) in [6.07, 6.45) is -0.920. The van der Waals surface area contributed by atoms with Crippen molar-refractivity contribution in [1.29, 1.82) is 0 Å². The Morgan fingerprint density at radius 2 is 1.57 bits per heavy atom. The minimum absolute atomic E-state index is 0.00103. The van der Waals surface area contributed by atoms with Crippen molar-refractivity contribution in [3.8, 4) is 11.1 Å². The average Bonchev–Trinajstić information content (AvgIpc) is 3.08.